The molecule has 1 fully saturated rings. The van der Waals surface area contributed by atoms with Gasteiger partial charge < -0.3 is 13.9 Å². The number of hydrogen-bond donors (Lipinski definition) is 0. The Morgan fingerprint density at radius 1 is 1.28 bits per heavy atom. The lowest BCUT2D eigenvalue weighted by molar-refractivity contribution is -0.139. The summed E-state index contributed by atoms with van der Waals surface area (Å²) in [5.74, 6) is -0.209. The summed E-state index contributed by atoms with van der Waals surface area (Å²) in [7, 11) is 0. The molecule has 1 saturated heterocycles. The van der Waals surface area contributed by atoms with Crippen LogP contribution in [0, 0.1) is 6.92 Å². The summed E-state index contributed by atoms with van der Waals surface area (Å²) in [4.78, 5) is 38.5. The zero-order valence-corrected chi connectivity index (χ0v) is 17.5. The van der Waals surface area contributed by atoms with Gasteiger partial charge in [-0.15, -0.1) is 0 Å². The minimum Gasteiger partial charge on any atom is -0.444 e. The van der Waals surface area contributed by atoms with E-state index in [9.17, 15) is 14.4 Å². The van der Waals surface area contributed by atoms with E-state index in [1.54, 1.807) is 39.8 Å². The fourth-order valence-corrected chi connectivity index (χ4v) is 3.54. The molecule has 0 N–H and O–H groups in total. The molecule has 0 bridgehead atoms. The van der Waals surface area contributed by atoms with E-state index < -0.39 is 29.3 Å². The normalized spacial score (nSPS) is 16.9. The first-order valence-electron chi connectivity index (χ1n) is 9.88. The Morgan fingerprint density at radius 2 is 2.00 bits per heavy atom. The molecular formula is C22H27NO6. The van der Waals surface area contributed by atoms with Gasteiger partial charge >= 0.3 is 17.7 Å². The summed E-state index contributed by atoms with van der Waals surface area (Å²) in [5.41, 5.74) is 0.787. The molecule has 0 aliphatic carbocycles. The van der Waals surface area contributed by atoms with Crippen LogP contribution < -0.4 is 10.4 Å². The number of aryl methyl sites for hydroxylation is 2. The van der Waals surface area contributed by atoms with Gasteiger partial charge in [0, 0.05) is 23.6 Å². The van der Waals surface area contributed by atoms with Crippen LogP contribution in [0.1, 0.15) is 51.7 Å². The smallest absolute Gasteiger partial charge is 0.411 e. The van der Waals surface area contributed by atoms with E-state index in [1.165, 1.54) is 11.0 Å². The van der Waals surface area contributed by atoms with Gasteiger partial charge in [-0.25, -0.2) is 14.4 Å². The van der Waals surface area contributed by atoms with Gasteiger partial charge in [-0.05, 0) is 64.7 Å². The molecule has 1 aliphatic heterocycles. The van der Waals surface area contributed by atoms with Crippen LogP contribution in [0.2, 0.25) is 0 Å². The molecule has 29 heavy (non-hydrogen) atoms. The number of benzene rings is 1. The zero-order chi connectivity index (χ0) is 21.3. The number of carbonyl (C=O) groups excluding carboxylic acids is 2. The minimum atomic E-state index is -0.700. The highest BCUT2D eigenvalue weighted by atomic mass is 16.6. The van der Waals surface area contributed by atoms with Crippen molar-refractivity contribution in [2.75, 3.05) is 6.54 Å². The maximum Gasteiger partial charge on any atom is 0.411 e. The molecule has 1 unspecified atom stereocenters. The number of nitrogens with zero attached hydrogens (tertiary/aromatic N) is 1. The van der Waals surface area contributed by atoms with E-state index in [2.05, 4.69) is 0 Å². The number of rotatable bonds is 3. The number of amides is 1. The number of ether oxygens (including phenoxy) is 2. The van der Waals surface area contributed by atoms with Gasteiger partial charge in [0.15, 0.2) is 0 Å². The van der Waals surface area contributed by atoms with Gasteiger partial charge in [0.05, 0.1) is 0 Å². The molecule has 156 valence electrons. The van der Waals surface area contributed by atoms with Crippen molar-refractivity contribution in [1.29, 1.82) is 0 Å². The van der Waals surface area contributed by atoms with Crippen LogP contribution in [0.15, 0.2) is 27.4 Å². The monoisotopic (exact) mass is 401 g/mol. The van der Waals surface area contributed by atoms with Crippen molar-refractivity contribution in [3.63, 3.8) is 0 Å². The number of hydrogen-bond acceptors (Lipinski definition) is 6. The van der Waals surface area contributed by atoms with Crippen molar-refractivity contribution in [3.05, 3.63) is 39.7 Å². The number of fused-ring (bicyclic) bond motifs is 1. The second-order valence-corrected chi connectivity index (χ2v) is 8.26. The molecule has 2 heterocycles. The molecule has 2 aromatic rings. The predicted molar refractivity (Wildman–Crippen MR) is 108 cm³/mol. The Labute approximate surface area is 169 Å². The molecule has 1 aromatic carbocycles. The molecule has 0 saturated carbocycles. The van der Waals surface area contributed by atoms with Gasteiger partial charge in [-0.2, -0.15) is 0 Å². The highest BCUT2D eigenvalue weighted by molar-refractivity contribution is 5.88. The van der Waals surface area contributed by atoms with Crippen LogP contribution in [-0.2, 0) is 16.0 Å². The Balaban J connectivity index is 1.85. The average molecular weight is 401 g/mol. The Kier molecular flexibility index (Phi) is 5.68. The van der Waals surface area contributed by atoms with E-state index in [0.717, 1.165) is 10.9 Å². The van der Waals surface area contributed by atoms with Crippen molar-refractivity contribution in [3.8, 4) is 5.75 Å². The fraction of sp³-hybridized carbons (Fsp3) is 0.500. The van der Waals surface area contributed by atoms with E-state index in [1.807, 2.05) is 6.92 Å². The second kappa shape index (κ2) is 7.89. The molecule has 7 nitrogen and oxygen atoms in total. The summed E-state index contributed by atoms with van der Waals surface area (Å²) in [6.45, 7) is 9.50. The largest absolute Gasteiger partial charge is 0.444 e. The number of likely N-dealkylation sites (tertiary alicyclic amines) is 1. The third kappa shape index (κ3) is 4.44. The topological polar surface area (TPSA) is 86.0 Å². The van der Waals surface area contributed by atoms with Crippen LogP contribution in [0.5, 0.6) is 5.75 Å². The highest BCUT2D eigenvalue weighted by Gasteiger charge is 2.38. The Hall–Kier alpha value is -2.83. The van der Waals surface area contributed by atoms with Crippen molar-refractivity contribution in [2.24, 2.45) is 0 Å². The standard InChI is InChI=1S/C22H27NO6/c1-6-14-12-18(24)28-19-13(2)17(10-9-15(14)19)27-20(25)16-8-7-11-23(16)21(26)29-22(3,4)5/h9-10,12,16H,6-8,11H2,1-5H3. The Bertz CT molecular complexity index is 1000. The van der Waals surface area contributed by atoms with Gasteiger partial charge in [-0.3, -0.25) is 4.90 Å². The lowest BCUT2D eigenvalue weighted by Crippen LogP contribution is -2.44. The Morgan fingerprint density at radius 3 is 2.66 bits per heavy atom. The van der Waals surface area contributed by atoms with Crippen LogP contribution in [0.3, 0.4) is 0 Å². The lowest BCUT2D eigenvalue weighted by atomic mass is 10.0. The summed E-state index contributed by atoms with van der Waals surface area (Å²) in [6.07, 6.45) is 1.38. The van der Waals surface area contributed by atoms with Crippen LogP contribution in [0.4, 0.5) is 4.79 Å². The maximum absolute atomic E-state index is 12.8. The van der Waals surface area contributed by atoms with Gasteiger partial charge in [0.25, 0.3) is 0 Å². The van der Waals surface area contributed by atoms with Gasteiger partial charge in [0.1, 0.15) is 23.0 Å². The molecular weight excluding hydrogens is 374 g/mol. The SMILES string of the molecule is CCc1cc(=O)oc2c(C)c(OC(=O)C3CCCN3C(=O)OC(C)(C)C)ccc12. The first-order chi connectivity index (χ1) is 13.6. The van der Waals surface area contributed by atoms with Crippen LogP contribution in [-0.4, -0.2) is 35.2 Å². The highest BCUT2D eigenvalue weighted by Crippen LogP contribution is 2.30. The minimum absolute atomic E-state index is 0.315. The average Bonchev–Trinajstić information content (AvgIpc) is 3.12. The van der Waals surface area contributed by atoms with Crippen LogP contribution >= 0.6 is 0 Å². The summed E-state index contributed by atoms with van der Waals surface area (Å²) >= 11 is 0. The fourth-order valence-electron chi connectivity index (χ4n) is 3.54. The predicted octanol–water partition coefficient (Wildman–Crippen LogP) is 3.97. The summed E-state index contributed by atoms with van der Waals surface area (Å²) in [6, 6.07) is 4.26. The quantitative estimate of drug-likeness (QED) is 0.439. The summed E-state index contributed by atoms with van der Waals surface area (Å²) in [5, 5.41) is 0.820. The van der Waals surface area contributed by atoms with E-state index in [4.69, 9.17) is 13.9 Å². The van der Waals surface area contributed by atoms with Crippen molar-refractivity contribution < 1.29 is 23.5 Å². The second-order valence-electron chi connectivity index (χ2n) is 8.26. The van der Waals surface area contributed by atoms with E-state index >= 15 is 0 Å². The first kappa shape index (κ1) is 20.9. The molecule has 0 radical (unpaired) electrons. The molecule has 1 aliphatic rings. The van der Waals surface area contributed by atoms with Crippen molar-refractivity contribution >= 4 is 23.0 Å². The van der Waals surface area contributed by atoms with Gasteiger partial charge in [0.2, 0.25) is 0 Å². The third-order valence-corrected chi connectivity index (χ3v) is 4.94. The number of esters is 1. The van der Waals surface area contributed by atoms with Crippen molar-refractivity contribution in [1.82, 2.24) is 4.90 Å². The molecule has 1 amide bonds. The molecule has 0 spiro atoms. The van der Waals surface area contributed by atoms with Crippen LogP contribution in [0.25, 0.3) is 11.0 Å². The maximum atomic E-state index is 12.8. The van der Waals surface area contributed by atoms with Gasteiger partial charge in [-0.1, -0.05) is 6.92 Å². The number of carbonyl (C=O) groups is 2. The molecule has 1 aromatic heterocycles. The zero-order valence-electron chi connectivity index (χ0n) is 17.5. The molecule has 7 heteroatoms. The third-order valence-electron chi connectivity index (χ3n) is 4.94. The van der Waals surface area contributed by atoms with E-state index in [0.29, 0.717) is 42.7 Å². The lowest BCUT2D eigenvalue weighted by Gasteiger charge is -2.27. The van der Waals surface area contributed by atoms with E-state index in [-0.39, 0.29) is 0 Å². The first-order valence-corrected chi connectivity index (χ1v) is 9.88. The molecule has 3 rings (SSSR count). The summed E-state index contributed by atoms with van der Waals surface area (Å²) < 4.78 is 16.4. The molecule has 1 atom stereocenters. The van der Waals surface area contributed by atoms with Crippen molar-refractivity contribution in [2.45, 2.75) is 65.5 Å².